The maximum Gasteiger partial charge on any atom is 0.260 e. The number of hydrogen-bond acceptors (Lipinski definition) is 5. The van der Waals surface area contributed by atoms with Crippen LogP contribution in [0, 0.1) is 0 Å². The third-order valence-corrected chi connectivity index (χ3v) is 4.44. The van der Waals surface area contributed by atoms with Crippen LogP contribution >= 0.6 is 71.0 Å². The molecule has 2 heterocycles. The van der Waals surface area contributed by atoms with E-state index < -0.39 is 0 Å². The molecule has 0 N–H and O–H groups in total. The minimum Gasteiger partial charge on any atom is -0.291 e. The van der Waals surface area contributed by atoms with Gasteiger partial charge in [-0.15, -0.1) is 23.2 Å². The largest absolute Gasteiger partial charge is 0.291 e. The number of halogens is 5. The molecule has 2 aromatic heterocycles. The summed E-state index contributed by atoms with van der Waals surface area (Å²) >= 11 is 20.2. The van der Waals surface area contributed by atoms with Gasteiger partial charge >= 0.3 is 0 Å². The maximum atomic E-state index is 10.9. The molecular weight excluding hydrogens is 593 g/mol. The average molecular weight is 609 g/mol. The number of nitrogens with zero attached hydrogens (tertiary/aromatic N) is 3. The van der Waals surface area contributed by atoms with E-state index in [9.17, 15) is 9.59 Å². The molecule has 0 saturated carbocycles. The Kier molecular flexibility index (Phi) is 15.0. The topological polar surface area (TPSA) is 72.4 Å². The van der Waals surface area contributed by atoms with Crippen molar-refractivity contribution in [1.29, 1.82) is 0 Å². The first-order valence-corrected chi connectivity index (χ1v) is 10.5. The summed E-state index contributed by atoms with van der Waals surface area (Å²) < 4.78 is 2.71. The Morgan fingerprint density at radius 2 is 1.56 bits per heavy atom. The van der Waals surface area contributed by atoms with Crippen LogP contribution in [0.2, 0.25) is 0 Å². The number of alkyl halides is 2. The third-order valence-electron chi connectivity index (χ3n) is 2.57. The van der Waals surface area contributed by atoms with Gasteiger partial charge in [-0.25, -0.2) is 10.0 Å². The summed E-state index contributed by atoms with van der Waals surface area (Å²) in [7, 11) is 2.91. The lowest BCUT2D eigenvalue weighted by molar-refractivity contribution is -0.165. The molecule has 0 radical (unpaired) electrons. The minimum absolute atomic E-state index is 0.0192. The number of hydroxylamine groups is 2. The van der Waals surface area contributed by atoms with Crippen LogP contribution in [-0.4, -0.2) is 52.6 Å². The SMILES string of the molecule is Brc1ccc(Br)nc1.CON(C)C(=O)CCl.O=C(CCl)c1ccc(Br)cn1. The van der Waals surface area contributed by atoms with E-state index in [0.717, 1.165) is 18.6 Å². The van der Waals surface area contributed by atoms with Crippen LogP contribution < -0.4 is 0 Å². The van der Waals surface area contributed by atoms with Gasteiger partial charge in [-0.1, -0.05) is 0 Å². The van der Waals surface area contributed by atoms with E-state index in [1.54, 1.807) is 24.5 Å². The van der Waals surface area contributed by atoms with Crippen molar-refractivity contribution >= 4 is 82.7 Å². The molecule has 6 nitrogen and oxygen atoms in total. The Hall–Kier alpha value is -0.580. The number of carbonyl (C=O) groups is 2. The number of ketones is 1. The normalized spacial score (nSPS) is 9.30. The molecule has 0 atom stereocenters. The summed E-state index contributed by atoms with van der Waals surface area (Å²) in [5.41, 5.74) is 0.406. The molecule has 11 heteroatoms. The molecule has 2 aromatic rings. The smallest absolute Gasteiger partial charge is 0.260 e. The molecule has 0 unspecified atom stereocenters. The van der Waals surface area contributed by atoms with E-state index in [4.69, 9.17) is 23.2 Å². The lowest BCUT2D eigenvalue weighted by atomic mass is 10.3. The van der Waals surface area contributed by atoms with Crippen LogP contribution in [0.25, 0.3) is 0 Å². The van der Waals surface area contributed by atoms with Crippen molar-refractivity contribution < 1.29 is 14.4 Å². The van der Waals surface area contributed by atoms with E-state index in [-0.39, 0.29) is 23.5 Å². The lowest BCUT2D eigenvalue weighted by Crippen LogP contribution is -2.26. The lowest BCUT2D eigenvalue weighted by Gasteiger charge is -2.10. The summed E-state index contributed by atoms with van der Waals surface area (Å²) in [6, 6.07) is 7.20. The van der Waals surface area contributed by atoms with Gasteiger partial charge in [-0.2, -0.15) is 0 Å². The molecule has 0 aliphatic carbocycles. The second kappa shape index (κ2) is 15.4. The van der Waals surface area contributed by atoms with Crippen LogP contribution in [0.4, 0.5) is 0 Å². The van der Waals surface area contributed by atoms with Crippen molar-refractivity contribution in [2.45, 2.75) is 0 Å². The first-order valence-electron chi connectivity index (χ1n) is 7.09. The van der Waals surface area contributed by atoms with E-state index in [1.165, 1.54) is 14.2 Å². The Balaban J connectivity index is 0.000000384. The van der Waals surface area contributed by atoms with Gasteiger partial charge in [0, 0.05) is 28.4 Å². The van der Waals surface area contributed by atoms with Gasteiger partial charge < -0.3 is 0 Å². The van der Waals surface area contributed by atoms with Crippen LogP contribution in [0.15, 0.2) is 50.2 Å². The highest BCUT2D eigenvalue weighted by Gasteiger charge is 2.04. The standard InChI is InChI=1S/C7H5BrClNO.C5H3Br2N.C4H8ClNO2/c8-5-1-2-6(10-4-5)7(11)3-9;6-4-1-2-5(7)8-3-4;1-6(8-2)4(7)3-5/h1-2,4H,3H2;1-3H;3H2,1-2H3. The zero-order valence-electron chi connectivity index (χ0n) is 14.3. The van der Waals surface area contributed by atoms with Gasteiger partial charge in [-0.3, -0.25) is 19.4 Å². The van der Waals surface area contributed by atoms with Crippen LogP contribution in [0.1, 0.15) is 10.5 Å². The molecule has 0 bridgehead atoms. The van der Waals surface area contributed by atoms with Gasteiger partial charge in [0.25, 0.3) is 5.91 Å². The fourth-order valence-corrected chi connectivity index (χ4v) is 2.16. The number of amides is 1. The monoisotopic (exact) mass is 605 g/mol. The average Bonchev–Trinajstić information content (AvgIpc) is 2.69. The number of pyridine rings is 2. The molecule has 1 amide bonds. The first kappa shape index (κ1) is 26.4. The van der Waals surface area contributed by atoms with Gasteiger partial charge in [0.2, 0.25) is 0 Å². The molecule has 27 heavy (non-hydrogen) atoms. The van der Waals surface area contributed by atoms with E-state index in [2.05, 4.69) is 62.6 Å². The fraction of sp³-hybridized carbons (Fsp3) is 0.250. The van der Waals surface area contributed by atoms with E-state index in [0.29, 0.717) is 5.69 Å². The van der Waals surface area contributed by atoms with Crippen molar-refractivity contribution in [3.8, 4) is 0 Å². The van der Waals surface area contributed by atoms with Crippen LogP contribution in [0.3, 0.4) is 0 Å². The van der Waals surface area contributed by atoms with Crippen molar-refractivity contribution in [3.05, 3.63) is 55.9 Å². The number of Topliss-reactive ketones (excluding diaryl/α,β-unsaturated/α-hetero) is 1. The second-order valence-corrected chi connectivity index (χ2v) is 7.60. The first-order chi connectivity index (χ1) is 12.7. The number of hydrogen-bond donors (Lipinski definition) is 0. The molecular formula is C16H16Br3Cl2N3O3. The molecule has 0 fully saturated rings. The minimum atomic E-state index is -0.242. The second-order valence-electron chi connectivity index (χ2n) is 4.43. The Bertz CT molecular complexity index is 683. The van der Waals surface area contributed by atoms with Crippen molar-refractivity contribution in [1.82, 2.24) is 15.0 Å². The molecule has 0 spiro atoms. The van der Waals surface area contributed by atoms with Crippen molar-refractivity contribution in [2.75, 3.05) is 25.9 Å². The number of aromatic nitrogens is 2. The quantitative estimate of drug-likeness (QED) is 0.209. The van der Waals surface area contributed by atoms with Gasteiger partial charge in [0.1, 0.15) is 16.2 Å². The zero-order chi connectivity index (χ0) is 20.8. The predicted octanol–water partition coefficient (Wildman–Crippen LogP) is 5.12. The predicted molar refractivity (Wildman–Crippen MR) is 117 cm³/mol. The van der Waals surface area contributed by atoms with Gasteiger partial charge in [0.05, 0.1) is 13.0 Å². The van der Waals surface area contributed by atoms with Crippen molar-refractivity contribution in [2.24, 2.45) is 0 Å². The highest BCUT2D eigenvalue weighted by atomic mass is 79.9. The highest BCUT2D eigenvalue weighted by Crippen LogP contribution is 2.10. The van der Waals surface area contributed by atoms with Gasteiger partial charge in [0.15, 0.2) is 5.78 Å². The molecule has 0 saturated heterocycles. The summed E-state index contributed by atoms with van der Waals surface area (Å²) in [6.45, 7) is 0. The van der Waals surface area contributed by atoms with Crippen LogP contribution in [0.5, 0.6) is 0 Å². The van der Waals surface area contributed by atoms with Crippen LogP contribution in [-0.2, 0) is 9.63 Å². The molecule has 0 aliphatic rings. The molecule has 2 rings (SSSR count). The highest BCUT2D eigenvalue weighted by molar-refractivity contribution is 9.11. The molecule has 0 aromatic carbocycles. The Morgan fingerprint density at radius 1 is 1.00 bits per heavy atom. The van der Waals surface area contributed by atoms with E-state index in [1.807, 2.05) is 12.1 Å². The molecule has 0 aliphatic heterocycles. The van der Waals surface area contributed by atoms with Gasteiger partial charge in [-0.05, 0) is 72.1 Å². The summed E-state index contributed by atoms with van der Waals surface area (Å²) in [4.78, 5) is 33.6. The fourth-order valence-electron chi connectivity index (χ4n) is 1.15. The summed E-state index contributed by atoms with van der Waals surface area (Å²) in [5.74, 6) is -0.452. The number of carbonyl (C=O) groups excluding carboxylic acids is 2. The Morgan fingerprint density at radius 3 is 1.85 bits per heavy atom. The number of rotatable bonds is 4. The van der Waals surface area contributed by atoms with Crippen molar-refractivity contribution in [3.63, 3.8) is 0 Å². The Labute approximate surface area is 192 Å². The summed E-state index contributed by atoms with van der Waals surface area (Å²) in [6.07, 6.45) is 3.31. The van der Waals surface area contributed by atoms with E-state index >= 15 is 0 Å². The zero-order valence-corrected chi connectivity index (χ0v) is 20.6. The molecule has 148 valence electrons. The maximum absolute atomic E-state index is 10.9. The summed E-state index contributed by atoms with van der Waals surface area (Å²) in [5, 5.41) is 1.08. The third kappa shape index (κ3) is 12.5.